The summed E-state index contributed by atoms with van der Waals surface area (Å²) in [5, 5.41) is 8.44. The summed E-state index contributed by atoms with van der Waals surface area (Å²) in [6.45, 7) is 3.01. The molecule has 0 saturated heterocycles. The molecular weight excluding hydrogens is 279 g/mol. The third-order valence-electron chi connectivity index (χ3n) is 3.64. The Morgan fingerprint density at radius 3 is 2.65 bits per heavy atom. The zero-order valence-electron chi connectivity index (χ0n) is 11.6. The predicted octanol–water partition coefficient (Wildman–Crippen LogP) is 1.79. The molecule has 1 aromatic carbocycles. The molecule has 4 nitrogen and oxygen atoms in total. The van der Waals surface area contributed by atoms with Crippen LogP contribution >= 0.6 is 0 Å². The molecule has 0 aromatic heterocycles. The molecule has 1 atom stereocenters. The largest absolute Gasteiger partial charge is 0.313 e. The van der Waals surface area contributed by atoms with Crippen LogP contribution in [-0.4, -0.2) is 21.0 Å². The lowest BCUT2D eigenvalue weighted by Crippen LogP contribution is -2.34. The lowest BCUT2D eigenvalue weighted by molar-refractivity contribution is 0.451. The van der Waals surface area contributed by atoms with E-state index in [4.69, 9.17) is 5.14 Å². The van der Waals surface area contributed by atoms with Crippen LogP contribution in [0.1, 0.15) is 31.7 Å². The fourth-order valence-corrected chi connectivity index (χ4v) is 2.87. The molecule has 6 heteroatoms. The van der Waals surface area contributed by atoms with Crippen molar-refractivity contribution in [2.24, 2.45) is 11.1 Å². The molecule has 112 valence electrons. The van der Waals surface area contributed by atoms with Gasteiger partial charge in [-0.05, 0) is 55.8 Å². The maximum absolute atomic E-state index is 14.0. The summed E-state index contributed by atoms with van der Waals surface area (Å²) in [5.41, 5.74) is 0.540. The Labute approximate surface area is 119 Å². The zero-order chi connectivity index (χ0) is 14.8. The van der Waals surface area contributed by atoms with Crippen LogP contribution in [0.3, 0.4) is 0 Å². The Kier molecular flexibility index (Phi) is 4.78. The molecule has 0 radical (unpaired) electrons. The number of sulfonamides is 1. The van der Waals surface area contributed by atoms with Crippen molar-refractivity contribution in [3.05, 3.63) is 29.6 Å². The van der Waals surface area contributed by atoms with Gasteiger partial charge in [0.25, 0.3) is 0 Å². The van der Waals surface area contributed by atoms with Gasteiger partial charge in [0.05, 0.1) is 4.90 Å². The second kappa shape index (κ2) is 6.20. The topological polar surface area (TPSA) is 72.2 Å². The summed E-state index contributed by atoms with van der Waals surface area (Å²) in [6.07, 6.45) is 3.98. The van der Waals surface area contributed by atoms with Crippen LogP contribution in [0.15, 0.2) is 23.1 Å². The molecule has 1 aromatic rings. The molecule has 1 aliphatic carbocycles. The number of halogens is 1. The summed E-state index contributed by atoms with van der Waals surface area (Å²) in [5.74, 6) is 0.111. The monoisotopic (exact) mass is 300 g/mol. The van der Waals surface area contributed by atoms with E-state index in [1.165, 1.54) is 25.0 Å². The number of benzene rings is 1. The van der Waals surface area contributed by atoms with Gasteiger partial charge in [0.2, 0.25) is 10.0 Å². The Bertz CT molecular complexity index is 571. The van der Waals surface area contributed by atoms with E-state index in [1.54, 1.807) is 0 Å². The van der Waals surface area contributed by atoms with Crippen molar-refractivity contribution in [1.29, 1.82) is 0 Å². The molecule has 1 saturated carbocycles. The minimum absolute atomic E-state index is 0.178. The molecular formula is C14H21FN2O2S. The van der Waals surface area contributed by atoms with E-state index < -0.39 is 15.8 Å². The van der Waals surface area contributed by atoms with Gasteiger partial charge < -0.3 is 5.32 Å². The second-order valence-corrected chi connectivity index (χ2v) is 6.96. The Morgan fingerprint density at radius 1 is 1.45 bits per heavy atom. The number of primary sulfonamides is 1. The number of hydrogen-bond acceptors (Lipinski definition) is 3. The minimum Gasteiger partial charge on any atom is -0.313 e. The highest BCUT2D eigenvalue weighted by Gasteiger charge is 2.31. The standard InChI is InChI=1S/C14H21FN2O2S/c1-2-7-17-14(10-3-4-10)8-11-5-6-12(9-13(11)15)20(16,18)19/h5-6,9-10,14,17H,2-4,7-8H2,1H3,(H2,16,18,19). The highest BCUT2D eigenvalue weighted by atomic mass is 32.2. The van der Waals surface area contributed by atoms with Crippen LogP contribution in [0.2, 0.25) is 0 Å². The first-order valence-corrected chi connectivity index (χ1v) is 8.51. The van der Waals surface area contributed by atoms with Crippen molar-refractivity contribution in [3.8, 4) is 0 Å². The first-order chi connectivity index (χ1) is 9.41. The minimum atomic E-state index is -3.84. The third kappa shape index (κ3) is 4.01. The molecule has 1 aliphatic rings. The number of rotatable bonds is 7. The van der Waals surface area contributed by atoms with Crippen molar-refractivity contribution in [1.82, 2.24) is 5.32 Å². The summed E-state index contributed by atoms with van der Waals surface area (Å²) in [4.78, 5) is -0.178. The van der Waals surface area contributed by atoms with E-state index in [9.17, 15) is 12.8 Å². The Hall–Kier alpha value is -0.980. The molecule has 0 bridgehead atoms. The predicted molar refractivity (Wildman–Crippen MR) is 76.3 cm³/mol. The van der Waals surface area contributed by atoms with Crippen molar-refractivity contribution in [2.75, 3.05) is 6.54 Å². The molecule has 2 rings (SSSR count). The van der Waals surface area contributed by atoms with Gasteiger partial charge in [-0.1, -0.05) is 13.0 Å². The number of nitrogens with one attached hydrogen (secondary N) is 1. The lowest BCUT2D eigenvalue weighted by Gasteiger charge is -2.18. The van der Waals surface area contributed by atoms with Gasteiger partial charge >= 0.3 is 0 Å². The van der Waals surface area contributed by atoms with Crippen molar-refractivity contribution >= 4 is 10.0 Å². The highest BCUT2D eigenvalue weighted by Crippen LogP contribution is 2.34. The molecule has 0 spiro atoms. The van der Waals surface area contributed by atoms with Gasteiger partial charge in [-0.2, -0.15) is 0 Å². The normalized spacial score (nSPS) is 17.1. The summed E-state index contributed by atoms with van der Waals surface area (Å²) < 4.78 is 36.4. The van der Waals surface area contributed by atoms with Gasteiger partial charge in [-0.25, -0.2) is 17.9 Å². The van der Waals surface area contributed by atoms with Crippen LogP contribution in [-0.2, 0) is 16.4 Å². The van der Waals surface area contributed by atoms with Gasteiger partial charge in [0, 0.05) is 6.04 Å². The van der Waals surface area contributed by atoms with E-state index in [0.29, 0.717) is 17.9 Å². The third-order valence-corrected chi connectivity index (χ3v) is 4.55. The smallest absolute Gasteiger partial charge is 0.238 e. The van der Waals surface area contributed by atoms with E-state index >= 15 is 0 Å². The molecule has 3 N–H and O–H groups in total. The van der Waals surface area contributed by atoms with Crippen LogP contribution in [0.25, 0.3) is 0 Å². The summed E-state index contributed by atoms with van der Waals surface area (Å²) in [6, 6.07) is 4.18. The van der Waals surface area contributed by atoms with E-state index in [1.807, 2.05) is 0 Å². The molecule has 1 fully saturated rings. The Morgan fingerprint density at radius 2 is 2.15 bits per heavy atom. The zero-order valence-corrected chi connectivity index (χ0v) is 12.4. The van der Waals surface area contributed by atoms with Crippen LogP contribution in [0.4, 0.5) is 4.39 Å². The molecule has 0 amide bonds. The van der Waals surface area contributed by atoms with Crippen molar-refractivity contribution < 1.29 is 12.8 Å². The van der Waals surface area contributed by atoms with Crippen LogP contribution in [0.5, 0.6) is 0 Å². The SMILES string of the molecule is CCCNC(Cc1ccc(S(N)(=O)=O)cc1F)C1CC1. The summed E-state index contributed by atoms with van der Waals surface area (Å²) in [7, 11) is -3.84. The lowest BCUT2D eigenvalue weighted by atomic mass is 10.0. The molecule has 1 unspecified atom stereocenters. The average Bonchev–Trinajstić information content (AvgIpc) is 3.19. The first kappa shape index (κ1) is 15.4. The summed E-state index contributed by atoms with van der Waals surface area (Å²) >= 11 is 0. The maximum atomic E-state index is 14.0. The maximum Gasteiger partial charge on any atom is 0.238 e. The molecule has 0 heterocycles. The Balaban J connectivity index is 2.12. The fourth-order valence-electron chi connectivity index (χ4n) is 2.34. The number of hydrogen-bond donors (Lipinski definition) is 2. The van der Waals surface area contributed by atoms with Crippen LogP contribution in [0, 0.1) is 11.7 Å². The van der Waals surface area contributed by atoms with Gasteiger partial charge in [0.1, 0.15) is 5.82 Å². The second-order valence-electron chi connectivity index (χ2n) is 5.40. The number of nitrogens with two attached hydrogens (primary N) is 1. The molecule has 20 heavy (non-hydrogen) atoms. The van der Waals surface area contributed by atoms with Crippen molar-refractivity contribution in [3.63, 3.8) is 0 Å². The van der Waals surface area contributed by atoms with Gasteiger partial charge in [-0.15, -0.1) is 0 Å². The van der Waals surface area contributed by atoms with Crippen LogP contribution < -0.4 is 10.5 Å². The first-order valence-electron chi connectivity index (χ1n) is 6.96. The fraction of sp³-hybridized carbons (Fsp3) is 0.571. The van der Waals surface area contributed by atoms with Gasteiger partial charge in [-0.3, -0.25) is 0 Å². The van der Waals surface area contributed by atoms with Gasteiger partial charge in [0.15, 0.2) is 0 Å². The quantitative estimate of drug-likeness (QED) is 0.806. The highest BCUT2D eigenvalue weighted by molar-refractivity contribution is 7.89. The van der Waals surface area contributed by atoms with E-state index in [0.717, 1.165) is 19.0 Å². The average molecular weight is 300 g/mol. The van der Waals surface area contributed by atoms with Crippen molar-refractivity contribution in [2.45, 2.75) is 43.5 Å². The van der Waals surface area contributed by atoms with E-state index in [2.05, 4.69) is 12.2 Å². The van der Waals surface area contributed by atoms with E-state index in [-0.39, 0.29) is 10.9 Å². The molecule has 0 aliphatic heterocycles.